The van der Waals surface area contributed by atoms with E-state index in [9.17, 15) is 0 Å². The Morgan fingerprint density at radius 3 is 2.87 bits per heavy atom. The van der Waals surface area contributed by atoms with Gasteiger partial charge in [0.05, 0.1) is 6.26 Å². The Morgan fingerprint density at radius 2 is 2.00 bits per heavy atom. The van der Waals surface area contributed by atoms with Crippen molar-refractivity contribution in [2.45, 2.75) is 18.9 Å². The SMILES string of the molecule is C1=CC2OC=C(c3ccccc3)CC2C1. The second-order valence-electron chi connectivity index (χ2n) is 4.24. The van der Waals surface area contributed by atoms with Crippen LogP contribution in [0.2, 0.25) is 0 Å². The number of hydrogen-bond acceptors (Lipinski definition) is 1. The van der Waals surface area contributed by atoms with E-state index in [1.807, 2.05) is 12.3 Å². The molecule has 0 aromatic heterocycles. The lowest BCUT2D eigenvalue weighted by molar-refractivity contribution is 0.127. The van der Waals surface area contributed by atoms with E-state index in [1.54, 1.807) is 0 Å². The number of rotatable bonds is 1. The molecule has 1 nitrogen and oxygen atoms in total. The van der Waals surface area contributed by atoms with E-state index in [4.69, 9.17) is 4.74 Å². The molecule has 1 heteroatoms. The highest BCUT2D eigenvalue weighted by atomic mass is 16.5. The zero-order valence-electron chi connectivity index (χ0n) is 8.60. The summed E-state index contributed by atoms with van der Waals surface area (Å²) in [6.45, 7) is 0. The van der Waals surface area contributed by atoms with Crippen molar-refractivity contribution in [2.75, 3.05) is 0 Å². The minimum atomic E-state index is 0.331. The summed E-state index contributed by atoms with van der Waals surface area (Å²) in [4.78, 5) is 0. The molecule has 1 aromatic rings. The quantitative estimate of drug-likeness (QED) is 0.628. The van der Waals surface area contributed by atoms with Crippen LogP contribution in [0, 0.1) is 5.92 Å². The molecule has 1 aromatic carbocycles. The average molecular weight is 198 g/mol. The van der Waals surface area contributed by atoms with E-state index in [0.717, 1.165) is 12.8 Å². The fourth-order valence-electron chi connectivity index (χ4n) is 2.36. The lowest BCUT2D eigenvalue weighted by atomic mass is 9.90. The minimum Gasteiger partial charge on any atom is -0.493 e. The molecule has 0 saturated heterocycles. The standard InChI is InChI=1S/C14H14O/c1-2-5-11(6-3-1)13-9-12-7-4-8-14(12)15-10-13/h1-6,8,10,12,14H,7,9H2. The second-order valence-corrected chi connectivity index (χ2v) is 4.24. The topological polar surface area (TPSA) is 9.23 Å². The molecule has 0 amide bonds. The monoisotopic (exact) mass is 198 g/mol. The average Bonchev–Trinajstić information content (AvgIpc) is 2.77. The van der Waals surface area contributed by atoms with E-state index in [1.165, 1.54) is 11.1 Å². The summed E-state index contributed by atoms with van der Waals surface area (Å²) in [5, 5.41) is 0. The van der Waals surface area contributed by atoms with Crippen LogP contribution in [-0.2, 0) is 4.74 Å². The first kappa shape index (κ1) is 8.78. The van der Waals surface area contributed by atoms with Crippen LogP contribution in [0.1, 0.15) is 18.4 Å². The first-order valence-corrected chi connectivity index (χ1v) is 5.50. The van der Waals surface area contributed by atoms with Gasteiger partial charge in [0.1, 0.15) is 6.10 Å². The Bertz CT molecular complexity index is 403. The lowest BCUT2D eigenvalue weighted by Gasteiger charge is -2.26. The Balaban J connectivity index is 1.85. The highest BCUT2D eigenvalue weighted by Crippen LogP contribution is 2.36. The van der Waals surface area contributed by atoms with Crippen molar-refractivity contribution in [2.24, 2.45) is 5.92 Å². The van der Waals surface area contributed by atoms with Gasteiger partial charge in [0.2, 0.25) is 0 Å². The normalized spacial score (nSPS) is 28.1. The van der Waals surface area contributed by atoms with E-state index >= 15 is 0 Å². The summed E-state index contributed by atoms with van der Waals surface area (Å²) in [5.41, 5.74) is 2.63. The first-order chi connectivity index (χ1) is 7.43. The van der Waals surface area contributed by atoms with Crippen molar-refractivity contribution in [3.63, 3.8) is 0 Å². The van der Waals surface area contributed by atoms with Gasteiger partial charge in [-0.05, 0) is 30.1 Å². The molecule has 0 spiro atoms. The number of hydrogen-bond donors (Lipinski definition) is 0. The van der Waals surface area contributed by atoms with E-state index < -0.39 is 0 Å². The fourth-order valence-corrected chi connectivity index (χ4v) is 2.36. The molecular weight excluding hydrogens is 184 g/mol. The van der Waals surface area contributed by atoms with Crippen LogP contribution in [0.15, 0.2) is 48.7 Å². The maximum absolute atomic E-state index is 5.72. The first-order valence-electron chi connectivity index (χ1n) is 5.50. The number of allylic oxidation sites excluding steroid dienone is 2. The highest BCUT2D eigenvalue weighted by molar-refractivity contribution is 5.65. The van der Waals surface area contributed by atoms with Crippen LogP contribution in [0.25, 0.3) is 5.57 Å². The molecule has 76 valence electrons. The molecule has 2 unspecified atom stereocenters. The third-order valence-electron chi connectivity index (χ3n) is 3.22. The molecule has 2 atom stereocenters. The summed E-state index contributed by atoms with van der Waals surface area (Å²) in [5.74, 6) is 0.658. The molecule has 0 radical (unpaired) electrons. The van der Waals surface area contributed by atoms with Gasteiger partial charge in [0.25, 0.3) is 0 Å². The molecule has 1 heterocycles. The number of fused-ring (bicyclic) bond motifs is 1. The molecule has 1 aliphatic heterocycles. The molecule has 0 N–H and O–H groups in total. The summed E-state index contributed by atoms with van der Waals surface area (Å²) in [7, 11) is 0. The molecule has 0 bridgehead atoms. The van der Waals surface area contributed by atoms with Crippen molar-refractivity contribution >= 4 is 5.57 Å². The van der Waals surface area contributed by atoms with Crippen LogP contribution in [0.3, 0.4) is 0 Å². The minimum absolute atomic E-state index is 0.331. The van der Waals surface area contributed by atoms with Crippen molar-refractivity contribution in [3.8, 4) is 0 Å². The van der Waals surface area contributed by atoms with Crippen LogP contribution in [0.4, 0.5) is 0 Å². The highest BCUT2D eigenvalue weighted by Gasteiger charge is 2.28. The summed E-state index contributed by atoms with van der Waals surface area (Å²) in [6.07, 6.45) is 8.99. The fraction of sp³-hybridized carbons (Fsp3) is 0.286. The predicted octanol–water partition coefficient (Wildman–Crippen LogP) is 3.39. The van der Waals surface area contributed by atoms with Gasteiger partial charge in [-0.1, -0.05) is 36.4 Å². The van der Waals surface area contributed by atoms with Crippen LogP contribution >= 0.6 is 0 Å². The van der Waals surface area contributed by atoms with Crippen molar-refractivity contribution in [1.29, 1.82) is 0 Å². The van der Waals surface area contributed by atoms with Crippen LogP contribution < -0.4 is 0 Å². The Labute approximate surface area is 90.1 Å². The zero-order valence-corrected chi connectivity index (χ0v) is 8.60. The second kappa shape index (κ2) is 3.58. The molecular formula is C14H14O. The maximum Gasteiger partial charge on any atom is 0.119 e. The van der Waals surface area contributed by atoms with Gasteiger partial charge in [-0.15, -0.1) is 0 Å². The molecule has 0 fully saturated rings. The molecule has 3 rings (SSSR count). The van der Waals surface area contributed by atoms with Crippen molar-refractivity contribution < 1.29 is 4.74 Å². The van der Waals surface area contributed by atoms with Gasteiger partial charge in [0, 0.05) is 5.92 Å². The lowest BCUT2D eigenvalue weighted by Crippen LogP contribution is -2.20. The summed E-state index contributed by atoms with van der Waals surface area (Å²) < 4.78 is 5.72. The third kappa shape index (κ3) is 1.58. The van der Waals surface area contributed by atoms with Crippen LogP contribution in [-0.4, -0.2) is 6.10 Å². The van der Waals surface area contributed by atoms with Gasteiger partial charge in [-0.3, -0.25) is 0 Å². The van der Waals surface area contributed by atoms with Crippen LogP contribution in [0.5, 0.6) is 0 Å². The molecule has 1 aliphatic carbocycles. The van der Waals surface area contributed by atoms with E-state index in [0.29, 0.717) is 12.0 Å². The van der Waals surface area contributed by atoms with Crippen molar-refractivity contribution in [3.05, 3.63) is 54.3 Å². The Morgan fingerprint density at radius 1 is 1.13 bits per heavy atom. The summed E-state index contributed by atoms with van der Waals surface area (Å²) in [6, 6.07) is 10.5. The van der Waals surface area contributed by atoms with Gasteiger partial charge in [0.15, 0.2) is 0 Å². The zero-order chi connectivity index (χ0) is 10.1. The molecule has 15 heavy (non-hydrogen) atoms. The van der Waals surface area contributed by atoms with E-state index in [-0.39, 0.29) is 0 Å². The van der Waals surface area contributed by atoms with Gasteiger partial charge >= 0.3 is 0 Å². The number of ether oxygens (including phenoxy) is 1. The van der Waals surface area contributed by atoms with Gasteiger partial charge < -0.3 is 4.74 Å². The Hall–Kier alpha value is -1.50. The maximum atomic E-state index is 5.72. The van der Waals surface area contributed by atoms with E-state index in [2.05, 4.69) is 36.4 Å². The number of benzene rings is 1. The molecule has 2 aliphatic rings. The largest absolute Gasteiger partial charge is 0.493 e. The van der Waals surface area contributed by atoms with Gasteiger partial charge in [-0.25, -0.2) is 0 Å². The Kier molecular flexibility index (Phi) is 2.09. The van der Waals surface area contributed by atoms with Crippen molar-refractivity contribution in [1.82, 2.24) is 0 Å². The third-order valence-corrected chi connectivity index (χ3v) is 3.22. The predicted molar refractivity (Wildman–Crippen MR) is 61.2 cm³/mol. The summed E-state index contributed by atoms with van der Waals surface area (Å²) >= 11 is 0. The smallest absolute Gasteiger partial charge is 0.119 e. The van der Waals surface area contributed by atoms with Gasteiger partial charge in [-0.2, -0.15) is 0 Å². The molecule has 0 saturated carbocycles.